The van der Waals surface area contributed by atoms with E-state index >= 15 is 0 Å². The fourth-order valence-corrected chi connectivity index (χ4v) is 1.58. The Balaban J connectivity index is 3.21. The van der Waals surface area contributed by atoms with Gasteiger partial charge in [0, 0.05) is 13.3 Å². The molecule has 0 aliphatic carbocycles. The van der Waals surface area contributed by atoms with Crippen LogP contribution in [-0.2, 0) is 6.42 Å². The Morgan fingerprint density at radius 3 is 2.73 bits per heavy atom. The number of benzene rings is 1. The fraction of sp³-hybridized carbons (Fsp3) is 0.214. The number of hydrogen-bond donors (Lipinski definition) is 0. The van der Waals surface area contributed by atoms with E-state index in [0.29, 0.717) is 0 Å². The molecule has 0 saturated carbocycles. The second-order valence-corrected chi connectivity index (χ2v) is 3.26. The largest absolute Gasteiger partial charge is 0.296 e. The Morgan fingerprint density at radius 2 is 2.13 bits per heavy atom. The van der Waals surface area contributed by atoms with E-state index in [0.717, 1.165) is 12.0 Å². The van der Waals surface area contributed by atoms with Gasteiger partial charge in [-0.15, -0.1) is 0 Å². The Bertz CT molecular complexity index is 386. The van der Waals surface area contributed by atoms with Crippen LogP contribution in [0.3, 0.4) is 0 Å². The third-order valence-electron chi connectivity index (χ3n) is 2.27. The van der Waals surface area contributed by atoms with E-state index in [-0.39, 0.29) is 0 Å². The minimum Gasteiger partial charge on any atom is -0.296 e. The molecule has 0 aliphatic heterocycles. The molecule has 0 radical (unpaired) electrons. The second-order valence-electron chi connectivity index (χ2n) is 3.26. The van der Waals surface area contributed by atoms with Crippen molar-refractivity contribution >= 4 is 11.8 Å². The minimum atomic E-state index is 1.03. The summed E-state index contributed by atoms with van der Waals surface area (Å²) in [6, 6.07) is 8.39. The van der Waals surface area contributed by atoms with Crippen molar-refractivity contribution in [3.05, 3.63) is 54.1 Å². The SMILES string of the molecule is C=C/C=C(\C=NC)c1ccccc1CC. The highest BCUT2D eigenvalue weighted by molar-refractivity contribution is 6.10. The highest BCUT2D eigenvalue weighted by Gasteiger charge is 2.02. The first kappa shape index (κ1) is 11.4. The first-order valence-corrected chi connectivity index (χ1v) is 5.16. The van der Waals surface area contributed by atoms with Crippen LogP contribution in [0.2, 0.25) is 0 Å². The van der Waals surface area contributed by atoms with Crippen molar-refractivity contribution in [2.45, 2.75) is 13.3 Å². The zero-order chi connectivity index (χ0) is 11.1. The van der Waals surface area contributed by atoms with Crippen molar-refractivity contribution in [1.82, 2.24) is 0 Å². The molecule has 0 aliphatic rings. The third kappa shape index (κ3) is 2.91. The smallest absolute Gasteiger partial charge is 0.0287 e. The van der Waals surface area contributed by atoms with E-state index < -0.39 is 0 Å². The number of aryl methyl sites for hydroxylation is 1. The van der Waals surface area contributed by atoms with Crippen molar-refractivity contribution in [3.8, 4) is 0 Å². The van der Waals surface area contributed by atoms with Crippen LogP contribution < -0.4 is 0 Å². The average molecular weight is 199 g/mol. The fourth-order valence-electron chi connectivity index (χ4n) is 1.58. The van der Waals surface area contributed by atoms with Crippen LogP contribution in [0.4, 0.5) is 0 Å². The molecule has 15 heavy (non-hydrogen) atoms. The summed E-state index contributed by atoms with van der Waals surface area (Å²) in [5.41, 5.74) is 3.70. The van der Waals surface area contributed by atoms with Gasteiger partial charge in [0.1, 0.15) is 0 Å². The van der Waals surface area contributed by atoms with Crippen LogP contribution in [0.1, 0.15) is 18.1 Å². The normalized spacial score (nSPS) is 12.0. The monoisotopic (exact) mass is 199 g/mol. The van der Waals surface area contributed by atoms with Crippen LogP contribution in [0, 0.1) is 0 Å². The summed E-state index contributed by atoms with van der Waals surface area (Å²) in [6.45, 7) is 5.89. The van der Waals surface area contributed by atoms with Gasteiger partial charge in [-0.2, -0.15) is 0 Å². The molecule has 1 nitrogen and oxygen atoms in total. The zero-order valence-corrected chi connectivity index (χ0v) is 9.40. The summed E-state index contributed by atoms with van der Waals surface area (Å²) in [7, 11) is 1.78. The summed E-state index contributed by atoms with van der Waals surface area (Å²) in [5.74, 6) is 0. The quantitative estimate of drug-likeness (QED) is 0.519. The molecule has 0 unspecified atom stereocenters. The van der Waals surface area contributed by atoms with Gasteiger partial charge in [-0.25, -0.2) is 0 Å². The second kappa shape index (κ2) is 5.97. The maximum Gasteiger partial charge on any atom is 0.0287 e. The molecule has 0 N–H and O–H groups in total. The molecular weight excluding hydrogens is 182 g/mol. The molecule has 0 amide bonds. The minimum absolute atomic E-state index is 1.03. The van der Waals surface area contributed by atoms with Crippen molar-refractivity contribution < 1.29 is 0 Å². The Kier molecular flexibility index (Phi) is 4.55. The average Bonchev–Trinajstić information content (AvgIpc) is 2.29. The predicted molar refractivity (Wildman–Crippen MR) is 68.4 cm³/mol. The van der Waals surface area contributed by atoms with Crippen LogP contribution in [0.25, 0.3) is 5.57 Å². The third-order valence-corrected chi connectivity index (χ3v) is 2.27. The Morgan fingerprint density at radius 1 is 1.40 bits per heavy atom. The molecule has 1 aromatic carbocycles. The van der Waals surface area contributed by atoms with E-state index in [2.05, 4.69) is 42.8 Å². The molecule has 78 valence electrons. The first-order chi connectivity index (χ1) is 7.33. The number of hydrogen-bond acceptors (Lipinski definition) is 1. The topological polar surface area (TPSA) is 12.4 Å². The lowest BCUT2D eigenvalue weighted by Gasteiger charge is -2.07. The van der Waals surface area contributed by atoms with Crippen LogP contribution in [-0.4, -0.2) is 13.3 Å². The Hall–Kier alpha value is -1.63. The zero-order valence-electron chi connectivity index (χ0n) is 9.40. The highest BCUT2D eigenvalue weighted by atomic mass is 14.6. The van der Waals surface area contributed by atoms with Gasteiger partial charge in [0.15, 0.2) is 0 Å². The highest BCUT2D eigenvalue weighted by Crippen LogP contribution is 2.18. The molecule has 0 spiro atoms. The van der Waals surface area contributed by atoms with Crippen molar-refractivity contribution in [2.75, 3.05) is 7.05 Å². The van der Waals surface area contributed by atoms with Crippen molar-refractivity contribution in [1.29, 1.82) is 0 Å². The molecule has 1 rings (SSSR count). The van der Waals surface area contributed by atoms with Crippen molar-refractivity contribution in [2.24, 2.45) is 4.99 Å². The molecule has 1 heteroatoms. The molecule has 0 atom stereocenters. The molecule has 0 fully saturated rings. The molecule has 1 aromatic rings. The number of nitrogens with zero attached hydrogens (tertiary/aromatic N) is 1. The lowest BCUT2D eigenvalue weighted by atomic mass is 9.98. The van der Waals surface area contributed by atoms with Crippen LogP contribution in [0.15, 0.2) is 48.0 Å². The molecule has 0 heterocycles. The van der Waals surface area contributed by atoms with E-state index in [4.69, 9.17) is 0 Å². The van der Waals surface area contributed by atoms with E-state index in [1.807, 2.05) is 12.3 Å². The van der Waals surface area contributed by atoms with Gasteiger partial charge in [0.25, 0.3) is 0 Å². The van der Waals surface area contributed by atoms with E-state index in [9.17, 15) is 0 Å². The van der Waals surface area contributed by atoms with Crippen LogP contribution in [0.5, 0.6) is 0 Å². The Labute approximate surface area is 91.9 Å². The van der Waals surface area contributed by atoms with Gasteiger partial charge < -0.3 is 0 Å². The van der Waals surface area contributed by atoms with E-state index in [1.54, 1.807) is 13.1 Å². The predicted octanol–water partition coefficient (Wildman–Crippen LogP) is 3.52. The summed E-state index contributed by atoms with van der Waals surface area (Å²) in [5, 5.41) is 0. The lowest BCUT2D eigenvalue weighted by Crippen LogP contribution is -1.92. The molecular formula is C14H17N. The first-order valence-electron chi connectivity index (χ1n) is 5.16. The summed E-state index contributed by atoms with van der Waals surface area (Å²) in [4.78, 5) is 4.07. The molecule has 0 aromatic heterocycles. The van der Waals surface area contributed by atoms with E-state index in [1.165, 1.54) is 11.1 Å². The number of allylic oxidation sites excluding steroid dienone is 3. The van der Waals surface area contributed by atoms with Gasteiger partial charge in [-0.1, -0.05) is 49.9 Å². The van der Waals surface area contributed by atoms with Gasteiger partial charge in [-0.3, -0.25) is 4.99 Å². The summed E-state index contributed by atoms with van der Waals surface area (Å²) in [6.07, 6.45) is 6.68. The maximum absolute atomic E-state index is 4.07. The van der Waals surface area contributed by atoms with Gasteiger partial charge in [0.2, 0.25) is 0 Å². The lowest BCUT2D eigenvalue weighted by molar-refractivity contribution is 1.13. The van der Waals surface area contributed by atoms with Crippen LogP contribution >= 0.6 is 0 Å². The van der Waals surface area contributed by atoms with Gasteiger partial charge >= 0.3 is 0 Å². The maximum atomic E-state index is 4.07. The number of aliphatic imine (C=N–C) groups is 1. The number of rotatable bonds is 4. The molecule has 0 saturated heterocycles. The van der Waals surface area contributed by atoms with Crippen molar-refractivity contribution in [3.63, 3.8) is 0 Å². The summed E-state index contributed by atoms with van der Waals surface area (Å²) >= 11 is 0. The van der Waals surface area contributed by atoms with Gasteiger partial charge in [0.05, 0.1) is 0 Å². The standard InChI is InChI=1S/C14H17N/c1-4-8-13(11-15-3)14-10-7-6-9-12(14)5-2/h4,6-11H,1,5H2,2-3H3/b13-8+,15-11?. The molecule has 0 bridgehead atoms. The van der Waals surface area contributed by atoms with Gasteiger partial charge in [-0.05, 0) is 23.1 Å². The summed E-state index contributed by atoms with van der Waals surface area (Å²) < 4.78 is 0.